The summed E-state index contributed by atoms with van der Waals surface area (Å²) in [5.74, 6) is -0.673. The molecule has 2 aromatic carbocycles. The topological polar surface area (TPSA) is 53.5 Å². The third-order valence-corrected chi connectivity index (χ3v) is 6.55. The summed E-state index contributed by atoms with van der Waals surface area (Å²) in [6.45, 7) is 10.3. The number of benzene rings is 2. The van der Waals surface area contributed by atoms with E-state index < -0.39 is 11.6 Å². The molecule has 3 heterocycles. The average molecular weight is 466 g/mol. The molecule has 0 radical (unpaired) electrons. The van der Waals surface area contributed by atoms with Crippen molar-refractivity contribution in [2.45, 2.75) is 39.8 Å². The van der Waals surface area contributed by atoms with Gasteiger partial charge in [-0.1, -0.05) is 13.0 Å². The van der Waals surface area contributed by atoms with Crippen LogP contribution in [0.1, 0.15) is 31.9 Å². The van der Waals surface area contributed by atoms with Gasteiger partial charge in [0.2, 0.25) is 5.95 Å². The molecule has 5 rings (SSSR count). The number of fused-ring (bicyclic) bond motifs is 2. The Morgan fingerprint density at radius 3 is 2.74 bits per heavy atom. The molecule has 3 aromatic rings. The lowest BCUT2D eigenvalue weighted by molar-refractivity contribution is 0.268. The van der Waals surface area contributed by atoms with Crippen LogP contribution in [0, 0.1) is 11.6 Å². The molecule has 0 saturated heterocycles. The van der Waals surface area contributed by atoms with Gasteiger partial charge in [0, 0.05) is 30.4 Å². The van der Waals surface area contributed by atoms with Crippen LogP contribution in [0.3, 0.4) is 0 Å². The summed E-state index contributed by atoms with van der Waals surface area (Å²) in [5.41, 5.74) is 4.46. The molecule has 6 nitrogen and oxygen atoms in total. The van der Waals surface area contributed by atoms with Crippen LogP contribution >= 0.6 is 0 Å². The Labute approximate surface area is 198 Å². The first-order chi connectivity index (χ1) is 16.4. The molecular weight excluding hydrogens is 436 g/mol. The molecule has 0 saturated carbocycles. The maximum absolute atomic E-state index is 14.9. The van der Waals surface area contributed by atoms with E-state index in [4.69, 9.17) is 4.74 Å². The molecule has 0 spiro atoms. The highest BCUT2D eigenvalue weighted by Gasteiger charge is 2.26. The van der Waals surface area contributed by atoms with E-state index in [0.29, 0.717) is 24.4 Å². The lowest BCUT2D eigenvalue weighted by Crippen LogP contribution is -2.38. The molecule has 34 heavy (non-hydrogen) atoms. The van der Waals surface area contributed by atoms with Crippen LogP contribution in [0.4, 0.5) is 26.1 Å². The van der Waals surface area contributed by atoms with Gasteiger partial charge in [0.15, 0.2) is 17.4 Å². The van der Waals surface area contributed by atoms with Crippen LogP contribution in [-0.4, -0.2) is 47.2 Å². The average Bonchev–Trinajstić information content (AvgIpc) is 2.84. The molecule has 0 fully saturated rings. The van der Waals surface area contributed by atoms with Gasteiger partial charge >= 0.3 is 0 Å². The van der Waals surface area contributed by atoms with E-state index in [9.17, 15) is 8.78 Å². The number of rotatable bonds is 5. The van der Waals surface area contributed by atoms with Crippen molar-refractivity contribution >= 4 is 17.3 Å². The third-order valence-electron chi connectivity index (χ3n) is 6.55. The number of likely N-dealkylation sites (N-methyl/N-ethyl adjacent to an activating group) is 1. The zero-order chi connectivity index (χ0) is 23.8. The van der Waals surface area contributed by atoms with Gasteiger partial charge in [-0.25, -0.2) is 18.7 Å². The molecule has 0 amide bonds. The molecule has 0 bridgehead atoms. The molecule has 8 heteroatoms. The Kier molecular flexibility index (Phi) is 6.08. The van der Waals surface area contributed by atoms with E-state index in [0.717, 1.165) is 37.9 Å². The molecular formula is C26H29F2N5O. The summed E-state index contributed by atoms with van der Waals surface area (Å²) in [4.78, 5) is 13.0. The second-order valence-corrected chi connectivity index (χ2v) is 9.06. The fourth-order valence-electron chi connectivity index (χ4n) is 4.69. The summed E-state index contributed by atoms with van der Waals surface area (Å²) in [6, 6.07) is 9.37. The van der Waals surface area contributed by atoms with Crippen molar-refractivity contribution in [2.75, 3.05) is 36.5 Å². The Morgan fingerprint density at radius 2 is 1.94 bits per heavy atom. The van der Waals surface area contributed by atoms with E-state index in [-0.39, 0.29) is 23.4 Å². The van der Waals surface area contributed by atoms with Crippen LogP contribution in [0.2, 0.25) is 0 Å². The molecule has 0 unspecified atom stereocenters. The lowest BCUT2D eigenvalue weighted by atomic mass is 9.99. The maximum Gasteiger partial charge on any atom is 0.227 e. The van der Waals surface area contributed by atoms with Crippen LogP contribution in [0.5, 0.6) is 5.75 Å². The summed E-state index contributed by atoms with van der Waals surface area (Å²) < 4.78 is 35.3. The Balaban J connectivity index is 1.45. The van der Waals surface area contributed by atoms with Crippen LogP contribution in [0.15, 0.2) is 36.5 Å². The highest BCUT2D eigenvalue weighted by Crippen LogP contribution is 2.39. The van der Waals surface area contributed by atoms with Crippen LogP contribution in [0.25, 0.3) is 11.3 Å². The maximum atomic E-state index is 14.9. The van der Waals surface area contributed by atoms with Crippen molar-refractivity contribution in [3.63, 3.8) is 0 Å². The first-order valence-electron chi connectivity index (χ1n) is 11.8. The molecule has 1 aromatic heterocycles. The van der Waals surface area contributed by atoms with E-state index >= 15 is 0 Å². The smallest absolute Gasteiger partial charge is 0.227 e. The quantitative estimate of drug-likeness (QED) is 0.563. The summed E-state index contributed by atoms with van der Waals surface area (Å²) in [7, 11) is 0. The van der Waals surface area contributed by atoms with E-state index in [1.54, 1.807) is 6.07 Å². The van der Waals surface area contributed by atoms with Gasteiger partial charge in [-0.2, -0.15) is 0 Å². The van der Waals surface area contributed by atoms with Gasteiger partial charge in [-0.15, -0.1) is 0 Å². The summed E-state index contributed by atoms with van der Waals surface area (Å²) in [6.07, 6.45) is 2.10. The number of ether oxygens (including phenoxy) is 1. The zero-order valence-corrected chi connectivity index (χ0v) is 19.7. The molecule has 0 aliphatic carbocycles. The monoisotopic (exact) mass is 465 g/mol. The summed E-state index contributed by atoms with van der Waals surface area (Å²) >= 11 is 0. The number of anilines is 3. The molecule has 1 N–H and O–H groups in total. The van der Waals surface area contributed by atoms with Gasteiger partial charge in [0.25, 0.3) is 0 Å². The number of nitrogens with one attached hydrogen (secondary N) is 1. The largest absolute Gasteiger partial charge is 0.486 e. The predicted octanol–water partition coefficient (Wildman–Crippen LogP) is 5.15. The van der Waals surface area contributed by atoms with Crippen molar-refractivity contribution in [1.29, 1.82) is 0 Å². The third kappa shape index (κ3) is 4.30. The minimum atomic E-state index is -0.608. The number of halogens is 2. The SMILES string of the molecule is CCN1CCc2cc(Nc3ncc(F)c(-c4cc(F)c5c(c4)N(C(C)C)CCO5)n3)ccc2C1. The fraction of sp³-hybridized carbons (Fsp3) is 0.385. The van der Waals surface area contributed by atoms with Gasteiger partial charge in [-0.3, -0.25) is 4.90 Å². The zero-order valence-electron chi connectivity index (χ0n) is 19.7. The number of aromatic nitrogens is 2. The second kappa shape index (κ2) is 9.18. The lowest BCUT2D eigenvalue weighted by Gasteiger charge is -2.34. The van der Waals surface area contributed by atoms with Crippen LogP contribution < -0.4 is 15.0 Å². The number of hydrogen-bond acceptors (Lipinski definition) is 6. The highest BCUT2D eigenvalue weighted by atomic mass is 19.1. The Morgan fingerprint density at radius 1 is 1.09 bits per heavy atom. The van der Waals surface area contributed by atoms with Crippen molar-refractivity contribution in [3.8, 4) is 17.0 Å². The van der Waals surface area contributed by atoms with Crippen molar-refractivity contribution < 1.29 is 13.5 Å². The number of nitrogens with zero attached hydrogens (tertiary/aromatic N) is 4. The van der Waals surface area contributed by atoms with Gasteiger partial charge in [0.05, 0.1) is 18.4 Å². The molecule has 178 valence electrons. The molecule has 2 aliphatic heterocycles. The molecule has 2 aliphatic rings. The summed E-state index contributed by atoms with van der Waals surface area (Å²) in [5, 5.41) is 3.19. The second-order valence-electron chi connectivity index (χ2n) is 9.06. The fourth-order valence-corrected chi connectivity index (χ4v) is 4.69. The standard InChI is InChI=1S/C26H29F2N5O/c1-4-32-8-7-17-11-20(6-5-18(17)15-32)30-26-29-14-22(28)24(31-26)19-12-21(27)25-23(13-19)33(16(2)3)9-10-34-25/h5-6,11-14,16H,4,7-10,15H2,1-3H3,(H,29,30,31). The van der Waals surface area contributed by atoms with E-state index in [1.165, 1.54) is 17.2 Å². The Bertz CT molecular complexity index is 1220. The number of hydrogen-bond donors (Lipinski definition) is 1. The van der Waals surface area contributed by atoms with Crippen molar-refractivity contribution in [3.05, 3.63) is 59.3 Å². The minimum Gasteiger partial charge on any atom is -0.486 e. The van der Waals surface area contributed by atoms with Gasteiger partial charge < -0.3 is 15.0 Å². The van der Waals surface area contributed by atoms with E-state index in [1.807, 2.05) is 19.9 Å². The van der Waals surface area contributed by atoms with Gasteiger partial charge in [0.1, 0.15) is 12.3 Å². The van der Waals surface area contributed by atoms with Crippen LogP contribution in [-0.2, 0) is 13.0 Å². The van der Waals surface area contributed by atoms with Gasteiger partial charge in [-0.05, 0) is 62.2 Å². The highest BCUT2D eigenvalue weighted by molar-refractivity contribution is 5.73. The minimum absolute atomic E-state index is 0.0463. The van der Waals surface area contributed by atoms with E-state index in [2.05, 4.69) is 44.1 Å². The van der Waals surface area contributed by atoms with Crippen molar-refractivity contribution in [1.82, 2.24) is 14.9 Å². The Hall–Kier alpha value is -3.26. The normalized spacial score (nSPS) is 15.6. The molecule has 0 atom stereocenters. The predicted molar refractivity (Wildman–Crippen MR) is 130 cm³/mol. The first-order valence-corrected chi connectivity index (χ1v) is 11.8. The van der Waals surface area contributed by atoms with Crippen molar-refractivity contribution in [2.24, 2.45) is 0 Å². The first kappa shape index (κ1) is 22.5.